The molecule has 3 aromatic rings. The van der Waals surface area contributed by atoms with Gasteiger partial charge in [-0.05, 0) is 48.5 Å². The van der Waals surface area contributed by atoms with Crippen molar-refractivity contribution < 1.29 is 8.78 Å². The van der Waals surface area contributed by atoms with E-state index in [-0.39, 0.29) is 23.5 Å². The van der Waals surface area contributed by atoms with Crippen LogP contribution in [0.25, 0.3) is 0 Å². The van der Waals surface area contributed by atoms with Crippen LogP contribution in [0.2, 0.25) is 0 Å². The fourth-order valence-electron chi connectivity index (χ4n) is 2.60. The van der Waals surface area contributed by atoms with Gasteiger partial charge in [-0.25, -0.2) is 8.78 Å². The molecule has 0 bridgehead atoms. The zero-order valence-corrected chi connectivity index (χ0v) is 14.9. The number of nitrogens with two attached hydrogens (primary N) is 1. The van der Waals surface area contributed by atoms with Crippen LogP contribution in [-0.2, 0) is 13.1 Å². The number of benzene rings is 2. The van der Waals surface area contributed by atoms with Crippen molar-refractivity contribution >= 4 is 17.6 Å². The van der Waals surface area contributed by atoms with Crippen molar-refractivity contribution in [2.45, 2.75) is 20.0 Å². The number of aromatic nitrogens is 3. The van der Waals surface area contributed by atoms with Crippen LogP contribution in [0.4, 0.5) is 26.4 Å². The third kappa shape index (κ3) is 5.42. The Bertz CT molecular complexity index is 901. The molecule has 0 saturated carbocycles. The van der Waals surface area contributed by atoms with Gasteiger partial charge in [-0.15, -0.1) is 0 Å². The van der Waals surface area contributed by atoms with E-state index < -0.39 is 0 Å². The van der Waals surface area contributed by atoms with Crippen LogP contribution in [0.3, 0.4) is 0 Å². The van der Waals surface area contributed by atoms with Gasteiger partial charge < -0.3 is 11.1 Å². The SMILES string of the molecule is CCN(Cc1cccc(F)c1)Cc1nc(N)nc(Nc2ccc(F)cc2)n1. The van der Waals surface area contributed by atoms with Gasteiger partial charge in [-0.1, -0.05) is 19.1 Å². The summed E-state index contributed by atoms with van der Waals surface area (Å²) in [7, 11) is 0. The van der Waals surface area contributed by atoms with E-state index in [1.165, 1.54) is 24.3 Å². The Labute approximate surface area is 156 Å². The van der Waals surface area contributed by atoms with Gasteiger partial charge in [0.2, 0.25) is 11.9 Å². The summed E-state index contributed by atoms with van der Waals surface area (Å²) >= 11 is 0. The minimum Gasteiger partial charge on any atom is -0.368 e. The second-order valence-corrected chi connectivity index (χ2v) is 6.00. The number of rotatable bonds is 7. The predicted octanol–water partition coefficient (Wildman–Crippen LogP) is 3.50. The smallest absolute Gasteiger partial charge is 0.232 e. The molecule has 27 heavy (non-hydrogen) atoms. The lowest BCUT2D eigenvalue weighted by molar-refractivity contribution is 0.264. The second kappa shape index (κ2) is 8.50. The van der Waals surface area contributed by atoms with Crippen LogP contribution in [0.5, 0.6) is 0 Å². The molecule has 0 atom stereocenters. The van der Waals surface area contributed by atoms with Crippen molar-refractivity contribution in [3.05, 3.63) is 71.6 Å². The van der Waals surface area contributed by atoms with E-state index in [4.69, 9.17) is 5.73 Å². The van der Waals surface area contributed by atoms with Crippen LogP contribution in [0, 0.1) is 11.6 Å². The highest BCUT2D eigenvalue weighted by molar-refractivity contribution is 5.53. The maximum atomic E-state index is 13.4. The Morgan fingerprint density at radius 1 is 0.963 bits per heavy atom. The quantitative estimate of drug-likeness (QED) is 0.663. The average Bonchev–Trinajstić information content (AvgIpc) is 2.63. The lowest BCUT2D eigenvalue weighted by atomic mass is 10.2. The molecule has 0 unspecified atom stereocenters. The van der Waals surface area contributed by atoms with E-state index in [9.17, 15) is 8.78 Å². The summed E-state index contributed by atoms with van der Waals surface area (Å²) in [4.78, 5) is 14.7. The van der Waals surface area contributed by atoms with Crippen molar-refractivity contribution in [3.63, 3.8) is 0 Å². The fraction of sp³-hybridized carbons (Fsp3) is 0.211. The van der Waals surface area contributed by atoms with Crippen molar-refractivity contribution in [2.75, 3.05) is 17.6 Å². The zero-order valence-electron chi connectivity index (χ0n) is 14.9. The fourth-order valence-corrected chi connectivity index (χ4v) is 2.60. The Morgan fingerprint density at radius 2 is 1.74 bits per heavy atom. The van der Waals surface area contributed by atoms with Crippen LogP contribution in [-0.4, -0.2) is 26.4 Å². The molecule has 0 radical (unpaired) electrons. The summed E-state index contributed by atoms with van der Waals surface area (Å²) < 4.78 is 26.4. The molecule has 140 valence electrons. The molecule has 8 heteroatoms. The first-order chi connectivity index (χ1) is 13.0. The van der Waals surface area contributed by atoms with Gasteiger partial charge >= 0.3 is 0 Å². The molecule has 0 aliphatic heterocycles. The van der Waals surface area contributed by atoms with Crippen molar-refractivity contribution in [2.24, 2.45) is 0 Å². The number of halogens is 2. The van der Waals surface area contributed by atoms with E-state index in [0.717, 1.165) is 12.1 Å². The number of hydrogen-bond acceptors (Lipinski definition) is 6. The average molecular weight is 370 g/mol. The molecule has 0 aliphatic carbocycles. The summed E-state index contributed by atoms with van der Waals surface area (Å²) in [5.74, 6) is 0.272. The molecular weight excluding hydrogens is 350 g/mol. The maximum absolute atomic E-state index is 13.4. The first kappa shape index (κ1) is 18.7. The standard InChI is InChI=1S/C19H20F2N6/c1-2-27(11-13-4-3-5-15(21)10-13)12-17-24-18(22)26-19(25-17)23-16-8-6-14(20)7-9-16/h3-10H,2,11-12H2,1H3,(H3,22,23,24,25,26). The lowest BCUT2D eigenvalue weighted by Crippen LogP contribution is -2.24. The topological polar surface area (TPSA) is 80.0 Å². The maximum Gasteiger partial charge on any atom is 0.232 e. The molecule has 1 aromatic heterocycles. The van der Waals surface area contributed by atoms with Crippen LogP contribution in [0.1, 0.15) is 18.3 Å². The number of hydrogen-bond donors (Lipinski definition) is 2. The van der Waals surface area contributed by atoms with Gasteiger partial charge in [0.05, 0.1) is 6.54 Å². The molecule has 3 N–H and O–H groups in total. The lowest BCUT2D eigenvalue weighted by Gasteiger charge is -2.20. The molecule has 0 aliphatic rings. The van der Waals surface area contributed by atoms with E-state index in [1.807, 2.05) is 13.0 Å². The van der Waals surface area contributed by atoms with E-state index in [1.54, 1.807) is 18.2 Å². The minimum absolute atomic E-state index is 0.0893. The zero-order chi connectivity index (χ0) is 19.2. The molecule has 0 saturated heterocycles. The van der Waals surface area contributed by atoms with Crippen LogP contribution in [0.15, 0.2) is 48.5 Å². The molecule has 6 nitrogen and oxygen atoms in total. The van der Waals surface area contributed by atoms with Gasteiger partial charge in [-0.2, -0.15) is 15.0 Å². The van der Waals surface area contributed by atoms with Gasteiger partial charge in [0.15, 0.2) is 0 Å². The van der Waals surface area contributed by atoms with Crippen LogP contribution < -0.4 is 11.1 Å². The Hall–Kier alpha value is -3.13. The van der Waals surface area contributed by atoms with Gasteiger partial charge in [0.25, 0.3) is 0 Å². The first-order valence-electron chi connectivity index (χ1n) is 8.51. The molecule has 3 rings (SSSR count). The number of anilines is 3. The molecule has 2 aromatic carbocycles. The van der Waals surface area contributed by atoms with Gasteiger partial charge in [0, 0.05) is 12.2 Å². The molecule has 0 spiro atoms. The normalized spacial score (nSPS) is 11.0. The third-order valence-electron chi connectivity index (χ3n) is 3.91. The van der Waals surface area contributed by atoms with Gasteiger partial charge in [-0.3, -0.25) is 4.90 Å². The highest BCUT2D eigenvalue weighted by atomic mass is 19.1. The summed E-state index contributed by atoms with van der Waals surface area (Å²) in [6.07, 6.45) is 0. The predicted molar refractivity (Wildman–Crippen MR) is 100 cm³/mol. The second-order valence-electron chi connectivity index (χ2n) is 6.00. The monoisotopic (exact) mass is 370 g/mol. The largest absolute Gasteiger partial charge is 0.368 e. The molecule has 0 amide bonds. The molecule has 1 heterocycles. The van der Waals surface area contributed by atoms with E-state index in [0.29, 0.717) is 24.6 Å². The first-order valence-corrected chi connectivity index (χ1v) is 8.51. The summed E-state index contributed by atoms with van der Waals surface area (Å²) in [5, 5.41) is 2.98. The minimum atomic E-state index is -0.327. The van der Waals surface area contributed by atoms with Crippen molar-refractivity contribution in [1.82, 2.24) is 19.9 Å². The van der Waals surface area contributed by atoms with Crippen LogP contribution >= 0.6 is 0 Å². The summed E-state index contributed by atoms with van der Waals surface area (Å²) in [6, 6.07) is 12.3. The van der Waals surface area contributed by atoms with Crippen molar-refractivity contribution in [1.29, 1.82) is 0 Å². The number of nitrogens with zero attached hydrogens (tertiary/aromatic N) is 4. The Balaban J connectivity index is 1.73. The third-order valence-corrected chi connectivity index (χ3v) is 3.91. The van der Waals surface area contributed by atoms with Gasteiger partial charge in [0.1, 0.15) is 17.5 Å². The molecule has 0 fully saturated rings. The van der Waals surface area contributed by atoms with Crippen molar-refractivity contribution in [3.8, 4) is 0 Å². The Morgan fingerprint density at radius 3 is 2.44 bits per heavy atom. The summed E-state index contributed by atoms with van der Waals surface area (Å²) in [6.45, 7) is 3.71. The highest BCUT2D eigenvalue weighted by Crippen LogP contribution is 2.15. The number of nitrogen functional groups attached to an aromatic ring is 1. The van der Waals surface area contributed by atoms with E-state index in [2.05, 4.69) is 25.2 Å². The van der Waals surface area contributed by atoms with E-state index >= 15 is 0 Å². The molecular formula is C19H20F2N6. The Kier molecular flexibility index (Phi) is 5.87. The summed E-state index contributed by atoms with van der Waals surface area (Å²) in [5.41, 5.74) is 7.30. The number of nitrogens with one attached hydrogen (secondary N) is 1. The highest BCUT2D eigenvalue weighted by Gasteiger charge is 2.11.